The van der Waals surface area contributed by atoms with Crippen LogP contribution in [0.3, 0.4) is 0 Å². The van der Waals surface area contributed by atoms with Gasteiger partial charge in [-0.25, -0.2) is 9.97 Å². The molecule has 2 heterocycles. The summed E-state index contributed by atoms with van der Waals surface area (Å²) in [4.78, 5) is 8.25. The third-order valence-electron chi connectivity index (χ3n) is 2.36. The summed E-state index contributed by atoms with van der Waals surface area (Å²) in [5, 5.41) is 0.473. The number of aromatic nitrogens is 2. The van der Waals surface area contributed by atoms with Gasteiger partial charge in [-0.15, -0.1) is 0 Å². The van der Waals surface area contributed by atoms with Crippen LogP contribution in [0.1, 0.15) is 0 Å². The highest BCUT2D eigenvalue weighted by Gasteiger charge is 2.19. The second kappa shape index (κ2) is 3.78. The van der Waals surface area contributed by atoms with Gasteiger partial charge in [-0.1, -0.05) is 11.6 Å². The minimum Gasteiger partial charge on any atom is -0.454 e. The molecular formula is C11H8ClN3O2. The number of anilines is 1. The van der Waals surface area contributed by atoms with Crippen molar-refractivity contribution < 1.29 is 9.47 Å². The van der Waals surface area contributed by atoms with Crippen molar-refractivity contribution in [2.24, 2.45) is 0 Å². The molecule has 86 valence electrons. The van der Waals surface area contributed by atoms with Crippen LogP contribution < -0.4 is 15.2 Å². The highest BCUT2D eigenvalue weighted by atomic mass is 35.5. The fourth-order valence-corrected chi connectivity index (χ4v) is 1.87. The molecule has 0 fully saturated rings. The van der Waals surface area contributed by atoms with Crippen LogP contribution in [-0.4, -0.2) is 16.8 Å². The van der Waals surface area contributed by atoms with E-state index >= 15 is 0 Å². The van der Waals surface area contributed by atoms with E-state index in [9.17, 15) is 0 Å². The topological polar surface area (TPSA) is 70.3 Å². The highest BCUT2D eigenvalue weighted by Crippen LogP contribution is 2.41. The SMILES string of the molecule is Nc1ccnc(-c2cc(Cl)c3c(c2)OCO3)n1. The van der Waals surface area contributed by atoms with Crippen LogP contribution in [0.25, 0.3) is 11.4 Å². The predicted molar refractivity (Wildman–Crippen MR) is 63.0 cm³/mol. The van der Waals surface area contributed by atoms with Crippen LogP contribution in [0.2, 0.25) is 5.02 Å². The molecule has 0 unspecified atom stereocenters. The van der Waals surface area contributed by atoms with E-state index in [0.29, 0.717) is 28.2 Å². The first-order valence-corrected chi connectivity index (χ1v) is 5.30. The summed E-state index contributed by atoms with van der Waals surface area (Å²) in [7, 11) is 0. The molecular weight excluding hydrogens is 242 g/mol. The van der Waals surface area contributed by atoms with Crippen molar-refractivity contribution in [3.63, 3.8) is 0 Å². The van der Waals surface area contributed by atoms with Gasteiger partial charge >= 0.3 is 0 Å². The standard InChI is InChI=1S/C11H8ClN3O2/c12-7-3-6(4-8-10(7)17-5-16-8)11-14-2-1-9(13)15-11/h1-4H,5H2,(H2,13,14,15). The smallest absolute Gasteiger partial charge is 0.231 e. The lowest BCUT2D eigenvalue weighted by atomic mass is 10.2. The number of nitrogens with two attached hydrogens (primary N) is 1. The number of benzene rings is 1. The third kappa shape index (κ3) is 1.74. The van der Waals surface area contributed by atoms with Crippen molar-refractivity contribution in [2.75, 3.05) is 12.5 Å². The van der Waals surface area contributed by atoms with Gasteiger partial charge in [0.05, 0.1) is 5.02 Å². The largest absolute Gasteiger partial charge is 0.454 e. The molecule has 0 atom stereocenters. The van der Waals surface area contributed by atoms with E-state index in [1.807, 2.05) is 0 Å². The maximum Gasteiger partial charge on any atom is 0.231 e. The van der Waals surface area contributed by atoms with E-state index < -0.39 is 0 Å². The number of halogens is 1. The summed E-state index contributed by atoms with van der Waals surface area (Å²) < 4.78 is 10.5. The van der Waals surface area contributed by atoms with Gasteiger partial charge in [0.15, 0.2) is 17.3 Å². The van der Waals surface area contributed by atoms with E-state index in [4.69, 9.17) is 26.8 Å². The zero-order valence-electron chi connectivity index (χ0n) is 8.68. The summed E-state index contributed by atoms with van der Waals surface area (Å²) >= 11 is 6.07. The lowest BCUT2D eigenvalue weighted by Crippen LogP contribution is -1.94. The van der Waals surface area contributed by atoms with Crippen LogP contribution in [0.15, 0.2) is 24.4 Å². The number of nitrogen functional groups attached to an aromatic ring is 1. The first-order valence-electron chi connectivity index (χ1n) is 4.92. The number of rotatable bonds is 1. The average Bonchev–Trinajstić information content (AvgIpc) is 2.77. The number of nitrogens with zero attached hydrogens (tertiary/aromatic N) is 2. The van der Waals surface area contributed by atoms with Crippen molar-refractivity contribution >= 4 is 17.4 Å². The molecule has 0 spiro atoms. The van der Waals surface area contributed by atoms with Crippen molar-refractivity contribution in [3.8, 4) is 22.9 Å². The molecule has 1 aliphatic heterocycles. The number of ether oxygens (including phenoxy) is 2. The Morgan fingerprint density at radius 2 is 2.18 bits per heavy atom. The molecule has 5 nitrogen and oxygen atoms in total. The predicted octanol–water partition coefficient (Wildman–Crippen LogP) is 2.11. The maximum absolute atomic E-state index is 6.07. The van der Waals surface area contributed by atoms with Crippen molar-refractivity contribution in [3.05, 3.63) is 29.4 Å². The Labute approximate surface area is 102 Å². The molecule has 0 saturated heterocycles. The minimum atomic E-state index is 0.177. The van der Waals surface area contributed by atoms with Crippen LogP contribution in [0.5, 0.6) is 11.5 Å². The molecule has 0 amide bonds. The zero-order valence-corrected chi connectivity index (χ0v) is 9.44. The summed E-state index contributed by atoms with van der Waals surface area (Å²) in [5.41, 5.74) is 6.35. The molecule has 0 bridgehead atoms. The Bertz CT molecular complexity index is 589. The van der Waals surface area contributed by atoms with Crippen molar-refractivity contribution in [1.82, 2.24) is 9.97 Å². The Hall–Kier alpha value is -2.01. The molecule has 2 N–H and O–H groups in total. The van der Waals surface area contributed by atoms with E-state index in [0.717, 1.165) is 5.56 Å². The van der Waals surface area contributed by atoms with Gasteiger partial charge < -0.3 is 15.2 Å². The average molecular weight is 250 g/mol. The lowest BCUT2D eigenvalue weighted by Gasteiger charge is -2.04. The molecule has 3 rings (SSSR count). The molecule has 2 aromatic rings. The first-order chi connectivity index (χ1) is 8.24. The van der Waals surface area contributed by atoms with Gasteiger partial charge in [-0.05, 0) is 18.2 Å². The fourth-order valence-electron chi connectivity index (χ4n) is 1.61. The van der Waals surface area contributed by atoms with Crippen molar-refractivity contribution in [2.45, 2.75) is 0 Å². The van der Waals surface area contributed by atoms with Crippen LogP contribution in [-0.2, 0) is 0 Å². The molecule has 1 aromatic carbocycles. The molecule has 0 saturated carbocycles. The maximum atomic E-state index is 6.07. The summed E-state index contributed by atoms with van der Waals surface area (Å²) in [6.45, 7) is 0.177. The van der Waals surface area contributed by atoms with Gasteiger partial charge in [-0.3, -0.25) is 0 Å². The van der Waals surface area contributed by atoms with E-state index in [1.165, 1.54) is 0 Å². The monoisotopic (exact) mass is 249 g/mol. The fraction of sp³-hybridized carbons (Fsp3) is 0.0909. The second-order valence-corrected chi connectivity index (χ2v) is 3.90. The van der Waals surface area contributed by atoms with Gasteiger partial charge in [0, 0.05) is 11.8 Å². The molecule has 17 heavy (non-hydrogen) atoms. The van der Waals surface area contributed by atoms with E-state index in [2.05, 4.69) is 9.97 Å². The quantitative estimate of drug-likeness (QED) is 0.838. The van der Waals surface area contributed by atoms with Gasteiger partial charge in [0.1, 0.15) is 5.82 Å². The van der Waals surface area contributed by atoms with Crippen LogP contribution in [0, 0.1) is 0 Å². The Morgan fingerprint density at radius 1 is 1.29 bits per heavy atom. The minimum absolute atomic E-state index is 0.177. The summed E-state index contributed by atoms with van der Waals surface area (Å²) in [6, 6.07) is 5.13. The second-order valence-electron chi connectivity index (χ2n) is 3.50. The lowest BCUT2D eigenvalue weighted by molar-refractivity contribution is 0.174. The van der Waals surface area contributed by atoms with Crippen molar-refractivity contribution in [1.29, 1.82) is 0 Å². The van der Waals surface area contributed by atoms with Crippen LogP contribution in [0.4, 0.5) is 5.82 Å². The molecule has 6 heteroatoms. The number of hydrogen-bond acceptors (Lipinski definition) is 5. The Balaban J connectivity index is 2.13. The highest BCUT2D eigenvalue weighted by molar-refractivity contribution is 6.32. The summed E-state index contributed by atoms with van der Waals surface area (Å²) in [6.07, 6.45) is 1.59. The number of fused-ring (bicyclic) bond motifs is 1. The van der Waals surface area contributed by atoms with Gasteiger partial charge in [0.25, 0.3) is 0 Å². The van der Waals surface area contributed by atoms with Gasteiger partial charge in [-0.2, -0.15) is 0 Å². The normalized spacial score (nSPS) is 12.8. The Morgan fingerprint density at radius 3 is 3.00 bits per heavy atom. The first kappa shape index (κ1) is 10.2. The number of hydrogen-bond donors (Lipinski definition) is 1. The van der Waals surface area contributed by atoms with Crippen LogP contribution >= 0.6 is 11.6 Å². The van der Waals surface area contributed by atoms with Gasteiger partial charge in [0.2, 0.25) is 6.79 Å². The molecule has 0 radical (unpaired) electrons. The zero-order chi connectivity index (χ0) is 11.8. The molecule has 0 aliphatic carbocycles. The summed E-state index contributed by atoms with van der Waals surface area (Å²) in [5.74, 6) is 2.06. The molecule has 1 aliphatic rings. The Kier molecular flexibility index (Phi) is 2.26. The molecule has 1 aromatic heterocycles. The van der Waals surface area contributed by atoms with E-state index in [1.54, 1.807) is 24.4 Å². The van der Waals surface area contributed by atoms with E-state index in [-0.39, 0.29) is 6.79 Å². The third-order valence-corrected chi connectivity index (χ3v) is 2.64.